The molecule has 2 rings (SSSR count). The molecule has 0 radical (unpaired) electrons. The number of anilines is 2. The van der Waals surface area contributed by atoms with Crippen LogP contribution in [-0.4, -0.2) is 43.3 Å². The molecule has 0 aliphatic rings. The molecule has 0 aliphatic carbocycles. The molecule has 0 fully saturated rings. The van der Waals surface area contributed by atoms with Gasteiger partial charge in [-0.3, -0.25) is 4.79 Å². The van der Waals surface area contributed by atoms with Gasteiger partial charge >= 0.3 is 5.97 Å². The predicted molar refractivity (Wildman–Crippen MR) is 108 cm³/mol. The lowest BCUT2D eigenvalue weighted by molar-refractivity contribution is -0.119. The van der Waals surface area contributed by atoms with Crippen molar-refractivity contribution in [3.05, 3.63) is 48.0 Å². The number of phenolic OH excluding ortho intramolecular Hbond substituents is 1. The van der Waals surface area contributed by atoms with Gasteiger partial charge in [-0.15, -0.1) is 0 Å². The number of esters is 1. The minimum atomic E-state index is -0.808. The van der Waals surface area contributed by atoms with Gasteiger partial charge in [0.1, 0.15) is 5.56 Å². The Bertz CT molecular complexity index is 818. The summed E-state index contributed by atoms with van der Waals surface area (Å²) in [6.45, 7) is 6.74. The molecule has 150 valence electrons. The van der Waals surface area contributed by atoms with Crippen molar-refractivity contribution in [2.24, 2.45) is 0 Å². The van der Waals surface area contributed by atoms with Gasteiger partial charge in [-0.2, -0.15) is 0 Å². The first-order chi connectivity index (χ1) is 13.4. The smallest absolute Gasteiger partial charge is 0.342 e. The summed E-state index contributed by atoms with van der Waals surface area (Å²) in [6.07, 6.45) is 0. The molecule has 0 atom stereocenters. The molecule has 1 amide bonds. The van der Waals surface area contributed by atoms with Crippen molar-refractivity contribution in [1.29, 1.82) is 0 Å². The first-order valence-electron chi connectivity index (χ1n) is 9.07. The van der Waals surface area contributed by atoms with Crippen molar-refractivity contribution in [2.75, 3.05) is 30.5 Å². The molecule has 0 bridgehead atoms. The van der Waals surface area contributed by atoms with E-state index in [1.54, 1.807) is 18.2 Å². The summed E-state index contributed by atoms with van der Waals surface area (Å²) in [5.41, 5.74) is 1.61. The Hall–Kier alpha value is -3.22. The van der Waals surface area contributed by atoms with E-state index in [9.17, 15) is 14.7 Å². The van der Waals surface area contributed by atoms with Crippen molar-refractivity contribution in [3.8, 4) is 11.5 Å². The number of para-hydroxylation sites is 1. The number of hydrogen-bond acceptors (Lipinski definition) is 6. The third kappa shape index (κ3) is 5.16. The van der Waals surface area contributed by atoms with Crippen molar-refractivity contribution in [2.45, 2.75) is 26.8 Å². The normalized spacial score (nSPS) is 10.5. The molecule has 2 aromatic rings. The van der Waals surface area contributed by atoms with E-state index in [0.717, 1.165) is 12.2 Å². The average Bonchev–Trinajstić information content (AvgIpc) is 2.68. The monoisotopic (exact) mass is 386 g/mol. The van der Waals surface area contributed by atoms with Gasteiger partial charge in [0.15, 0.2) is 18.1 Å². The topological polar surface area (TPSA) is 88.1 Å². The molecule has 0 heterocycles. The lowest BCUT2D eigenvalue weighted by atomic mass is 10.2. The number of aromatic hydroxyl groups is 1. The Morgan fingerprint density at radius 2 is 1.82 bits per heavy atom. The number of nitrogens with zero attached hydrogens (tertiary/aromatic N) is 1. The number of phenols is 1. The number of ether oxygens (including phenoxy) is 2. The first kappa shape index (κ1) is 21.1. The number of rotatable bonds is 8. The van der Waals surface area contributed by atoms with Gasteiger partial charge in [0, 0.05) is 24.0 Å². The van der Waals surface area contributed by atoms with E-state index in [1.165, 1.54) is 19.2 Å². The summed E-state index contributed by atoms with van der Waals surface area (Å²) in [6, 6.07) is 12.3. The van der Waals surface area contributed by atoms with Crippen LogP contribution in [0.2, 0.25) is 0 Å². The third-order valence-corrected chi connectivity index (χ3v) is 4.22. The van der Waals surface area contributed by atoms with Gasteiger partial charge in [0.25, 0.3) is 5.91 Å². The number of methoxy groups -OCH3 is 1. The van der Waals surface area contributed by atoms with Crippen molar-refractivity contribution in [3.63, 3.8) is 0 Å². The molecule has 0 aliphatic heterocycles. The second-order valence-corrected chi connectivity index (χ2v) is 6.41. The van der Waals surface area contributed by atoms with Crippen LogP contribution in [0.25, 0.3) is 0 Å². The second kappa shape index (κ2) is 9.64. The van der Waals surface area contributed by atoms with E-state index in [4.69, 9.17) is 9.47 Å². The van der Waals surface area contributed by atoms with Crippen LogP contribution in [0, 0.1) is 0 Å². The molecule has 2 N–H and O–H groups in total. The molecular weight excluding hydrogens is 360 g/mol. The van der Waals surface area contributed by atoms with Crippen LogP contribution in [-0.2, 0) is 9.53 Å². The van der Waals surface area contributed by atoms with Gasteiger partial charge in [-0.25, -0.2) is 4.79 Å². The molecule has 2 aromatic carbocycles. The second-order valence-electron chi connectivity index (χ2n) is 6.41. The van der Waals surface area contributed by atoms with Crippen LogP contribution in [0.1, 0.15) is 31.1 Å². The largest absolute Gasteiger partial charge is 0.504 e. The Kier molecular flexibility index (Phi) is 7.26. The number of carbonyl (C=O) groups excluding carboxylic acids is 2. The Labute approximate surface area is 164 Å². The fraction of sp³-hybridized carbons (Fsp3) is 0.333. The fourth-order valence-electron chi connectivity index (χ4n) is 2.84. The minimum Gasteiger partial charge on any atom is -0.504 e. The number of carbonyl (C=O) groups is 2. The number of amides is 1. The van der Waals surface area contributed by atoms with Gasteiger partial charge in [-0.1, -0.05) is 6.07 Å². The van der Waals surface area contributed by atoms with Gasteiger partial charge in [0.05, 0.1) is 7.11 Å². The highest BCUT2D eigenvalue weighted by molar-refractivity contribution is 5.97. The Balaban J connectivity index is 1.93. The maximum Gasteiger partial charge on any atom is 0.342 e. The van der Waals surface area contributed by atoms with Crippen LogP contribution < -0.4 is 15.0 Å². The van der Waals surface area contributed by atoms with Gasteiger partial charge in [-0.05, 0) is 57.2 Å². The molecule has 7 nitrogen and oxygen atoms in total. The van der Waals surface area contributed by atoms with E-state index in [2.05, 4.69) is 31.0 Å². The van der Waals surface area contributed by atoms with Crippen molar-refractivity contribution < 1.29 is 24.2 Å². The van der Waals surface area contributed by atoms with Crippen molar-refractivity contribution in [1.82, 2.24) is 0 Å². The van der Waals surface area contributed by atoms with Crippen LogP contribution in [0.4, 0.5) is 11.4 Å². The lowest BCUT2D eigenvalue weighted by Crippen LogP contribution is -2.30. The Morgan fingerprint density at radius 1 is 1.14 bits per heavy atom. The van der Waals surface area contributed by atoms with Gasteiger partial charge < -0.3 is 24.8 Å². The third-order valence-electron chi connectivity index (χ3n) is 4.22. The molecule has 0 saturated heterocycles. The van der Waals surface area contributed by atoms with E-state index >= 15 is 0 Å². The highest BCUT2D eigenvalue weighted by Gasteiger charge is 2.17. The van der Waals surface area contributed by atoms with Crippen LogP contribution in [0.3, 0.4) is 0 Å². The minimum absolute atomic E-state index is 0.0650. The zero-order valence-corrected chi connectivity index (χ0v) is 16.6. The molecule has 0 unspecified atom stereocenters. The SMILES string of the molecule is CCN(c1ccc(NC(=O)COC(=O)c2cccc(OC)c2O)cc1)C(C)C. The summed E-state index contributed by atoms with van der Waals surface area (Å²) < 4.78 is 9.93. The highest BCUT2D eigenvalue weighted by atomic mass is 16.5. The molecular formula is C21H26N2O5. The summed E-state index contributed by atoms with van der Waals surface area (Å²) in [5.74, 6) is -1.45. The maximum absolute atomic E-state index is 12.1. The molecule has 28 heavy (non-hydrogen) atoms. The summed E-state index contributed by atoms with van der Waals surface area (Å²) in [5, 5.41) is 12.6. The predicted octanol–water partition coefficient (Wildman–Crippen LogP) is 3.43. The zero-order valence-electron chi connectivity index (χ0n) is 16.6. The fourth-order valence-corrected chi connectivity index (χ4v) is 2.84. The van der Waals surface area contributed by atoms with Crippen molar-refractivity contribution >= 4 is 23.3 Å². The molecule has 0 saturated carbocycles. The van der Waals surface area contributed by atoms with E-state index in [1.807, 2.05) is 12.1 Å². The highest BCUT2D eigenvalue weighted by Crippen LogP contribution is 2.29. The van der Waals surface area contributed by atoms with Crippen LogP contribution in [0.5, 0.6) is 11.5 Å². The summed E-state index contributed by atoms with van der Waals surface area (Å²) in [4.78, 5) is 26.4. The molecule has 0 spiro atoms. The number of hydrogen-bond donors (Lipinski definition) is 2. The van der Waals surface area contributed by atoms with Crippen LogP contribution >= 0.6 is 0 Å². The Morgan fingerprint density at radius 3 is 2.39 bits per heavy atom. The zero-order chi connectivity index (χ0) is 20.7. The molecule has 7 heteroatoms. The van der Waals surface area contributed by atoms with Gasteiger partial charge in [0.2, 0.25) is 0 Å². The van der Waals surface area contributed by atoms with E-state index in [0.29, 0.717) is 11.7 Å². The quantitative estimate of drug-likeness (QED) is 0.676. The number of benzene rings is 2. The first-order valence-corrected chi connectivity index (χ1v) is 9.07. The number of nitrogens with one attached hydrogen (secondary N) is 1. The van der Waals surface area contributed by atoms with E-state index < -0.39 is 18.5 Å². The average molecular weight is 386 g/mol. The summed E-state index contributed by atoms with van der Waals surface area (Å²) in [7, 11) is 1.38. The van der Waals surface area contributed by atoms with E-state index in [-0.39, 0.29) is 17.1 Å². The lowest BCUT2D eigenvalue weighted by Gasteiger charge is -2.27. The maximum atomic E-state index is 12.1. The van der Waals surface area contributed by atoms with Crippen LogP contribution in [0.15, 0.2) is 42.5 Å². The summed E-state index contributed by atoms with van der Waals surface area (Å²) >= 11 is 0. The standard InChI is InChI=1S/C21H26N2O5/c1-5-23(14(2)3)16-11-9-15(10-12-16)22-19(24)13-28-21(26)17-7-6-8-18(27-4)20(17)25/h6-12,14,25H,5,13H2,1-4H3,(H,22,24). The molecule has 0 aromatic heterocycles.